The third-order valence-corrected chi connectivity index (χ3v) is 5.95. The number of nitrogens with one attached hydrogen (secondary N) is 2. The van der Waals surface area contributed by atoms with Gasteiger partial charge in [-0.1, -0.05) is 6.07 Å². The van der Waals surface area contributed by atoms with Gasteiger partial charge in [-0.25, -0.2) is 18.2 Å². The average molecular weight is 458 g/mol. The summed E-state index contributed by atoms with van der Waals surface area (Å²) >= 11 is 0. The quantitative estimate of drug-likeness (QED) is 0.414. The van der Waals surface area contributed by atoms with Crippen LogP contribution < -0.4 is 15.2 Å². The van der Waals surface area contributed by atoms with E-state index in [1.54, 1.807) is 42.9 Å². The maximum absolute atomic E-state index is 13.0. The second kappa shape index (κ2) is 8.50. The first-order valence-corrected chi connectivity index (χ1v) is 11.9. The zero-order chi connectivity index (χ0) is 22.9. The number of nitrogens with zero attached hydrogens (tertiary/aromatic N) is 3. The van der Waals surface area contributed by atoms with E-state index >= 15 is 0 Å². The predicted octanol–water partition coefficient (Wildman–Crippen LogP) is 2.16. The minimum absolute atomic E-state index is 0.289. The molecular weight excluding hydrogens is 434 g/mol. The number of benzene rings is 1. The summed E-state index contributed by atoms with van der Waals surface area (Å²) in [5.74, 6) is 0.695. The summed E-state index contributed by atoms with van der Waals surface area (Å²) in [4.78, 5) is 20.2. The van der Waals surface area contributed by atoms with Crippen molar-refractivity contribution in [2.75, 3.05) is 25.7 Å². The lowest BCUT2D eigenvalue weighted by atomic mass is 10.1. The van der Waals surface area contributed by atoms with Crippen LogP contribution in [0.15, 0.2) is 47.7 Å². The molecule has 32 heavy (non-hydrogen) atoms. The summed E-state index contributed by atoms with van der Waals surface area (Å²) in [5.41, 5.74) is 2.55. The molecule has 0 aliphatic carbocycles. The maximum atomic E-state index is 13.0. The number of pyridine rings is 1. The molecule has 0 amide bonds. The largest absolute Gasteiger partial charge is 0.493 e. The van der Waals surface area contributed by atoms with E-state index in [2.05, 4.69) is 20.2 Å². The van der Waals surface area contributed by atoms with Gasteiger partial charge in [0.05, 0.1) is 37.2 Å². The third kappa shape index (κ3) is 4.24. The molecule has 4 rings (SSSR count). The summed E-state index contributed by atoms with van der Waals surface area (Å²) in [5, 5.41) is 6.67. The zero-order valence-corrected chi connectivity index (χ0v) is 18.6. The number of fused-ring (bicyclic) bond motifs is 1. The SMILES string of the molecule is CCOc1cc([C@H](CS(C)(=O)=O)n2c(=O)[nH]c3cc(-c4cn[nH]c4)cnc32)ccc1OC. The number of H-pyrrole nitrogens is 2. The molecule has 2 N–H and O–H groups in total. The van der Waals surface area contributed by atoms with Crippen molar-refractivity contribution in [2.24, 2.45) is 0 Å². The molecule has 0 bridgehead atoms. The van der Waals surface area contributed by atoms with Gasteiger partial charge in [0.2, 0.25) is 0 Å². The fraction of sp³-hybridized carbons (Fsp3) is 0.286. The minimum Gasteiger partial charge on any atom is -0.493 e. The van der Waals surface area contributed by atoms with Crippen molar-refractivity contribution in [3.8, 4) is 22.6 Å². The first kappa shape index (κ1) is 21.6. The van der Waals surface area contributed by atoms with Gasteiger partial charge in [0, 0.05) is 29.8 Å². The highest BCUT2D eigenvalue weighted by molar-refractivity contribution is 7.90. The monoisotopic (exact) mass is 457 g/mol. The first-order chi connectivity index (χ1) is 15.3. The molecular formula is C21H23N5O5S. The van der Waals surface area contributed by atoms with Crippen LogP contribution in [-0.4, -0.2) is 58.9 Å². The molecule has 0 fully saturated rings. The fourth-order valence-electron chi connectivity index (χ4n) is 3.64. The molecule has 0 radical (unpaired) electrons. The summed E-state index contributed by atoms with van der Waals surface area (Å²) in [6, 6.07) is 6.08. The van der Waals surface area contributed by atoms with Crippen molar-refractivity contribution in [1.29, 1.82) is 0 Å². The highest BCUT2D eigenvalue weighted by atomic mass is 32.2. The van der Waals surface area contributed by atoms with Crippen LogP contribution in [0.4, 0.5) is 0 Å². The fourth-order valence-corrected chi connectivity index (χ4v) is 4.56. The van der Waals surface area contributed by atoms with Gasteiger partial charge in [-0.15, -0.1) is 0 Å². The Bertz CT molecular complexity index is 1410. The van der Waals surface area contributed by atoms with E-state index in [-0.39, 0.29) is 5.75 Å². The standard InChI is InChI=1S/C21H23N5O5S/c1-4-31-19-8-13(5-6-18(19)30-2)17(12-32(3,28)29)26-20-16(25-21(26)27)7-14(9-22-20)15-10-23-24-11-15/h5-11,17H,4,12H2,1-3H3,(H,23,24)(H,25,27)/t17-/m0/s1. The summed E-state index contributed by atoms with van der Waals surface area (Å²) in [6.07, 6.45) is 6.12. The normalized spacial score (nSPS) is 12.7. The third-order valence-electron chi connectivity index (χ3n) is 5.03. The van der Waals surface area contributed by atoms with Crippen molar-refractivity contribution in [3.63, 3.8) is 0 Å². The van der Waals surface area contributed by atoms with Crippen molar-refractivity contribution in [2.45, 2.75) is 13.0 Å². The van der Waals surface area contributed by atoms with Crippen LogP contribution >= 0.6 is 0 Å². The Morgan fingerprint density at radius 1 is 1.16 bits per heavy atom. The number of ether oxygens (including phenoxy) is 2. The number of sulfone groups is 1. The van der Waals surface area contributed by atoms with Gasteiger partial charge in [-0.2, -0.15) is 5.10 Å². The number of rotatable bonds is 8. The zero-order valence-electron chi connectivity index (χ0n) is 17.8. The second-order valence-electron chi connectivity index (χ2n) is 7.33. The number of aromatic amines is 2. The summed E-state index contributed by atoms with van der Waals surface area (Å²) in [6.45, 7) is 2.24. The molecule has 0 unspecified atom stereocenters. The summed E-state index contributed by atoms with van der Waals surface area (Å²) < 4.78 is 36.9. The molecule has 4 aromatic rings. The van der Waals surface area contributed by atoms with Crippen molar-refractivity contribution in [3.05, 3.63) is 58.9 Å². The first-order valence-electron chi connectivity index (χ1n) is 9.88. The van der Waals surface area contributed by atoms with Gasteiger partial charge in [-0.05, 0) is 30.7 Å². The second-order valence-corrected chi connectivity index (χ2v) is 9.52. The Morgan fingerprint density at radius 2 is 1.97 bits per heavy atom. The van der Waals surface area contributed by atoms with E-state index in [0.717, 1.165) is 17.4 Å². The van der Waals surface area contributed by atoms with Crippen LogP contribution in [0.3, 0.4) is 0 Å². The van der Waals surface area contributed by atoms with Crippen LogP contribution in [0, 0.1) is 0 Å². The molecule has 3 aromatic heterocycles. The number of aromatic nitrogens is 5. The van der Waals surface area contributed by atoms with Gasteiger partial charge >= 0.3 is 5.69 Å². The van der Waals surface area contributed by atoms with Gasteiger partial charge in [0.25, 0.3) is 0 Å². The highest BCUT2D eigenvalue weighted by Gasteiger charge is 2.25. The average Bonchev–Trinajstić information content (AvgIpc) is 3.38. The maximum Gasteiger partial charge on any atom is 0.328 e. The number of methoxy groups -OCH3 is 1. The molecule has 11 heteroatoms. The highest BCUT2D eigenvalue weighted by Crippen LogP contribution is 2.33. The lowest BCUT2D eigenvalue weighted by Crippen LogP contribution is -2.28. The van der Waals surface area contributed by atoms with E-state index in [1.807, 2.05) is 6.92 Å². The van der Waals surface area contributed by atoms with Crippen molar-refractivity contribution in [1.82, 2.24) is 24.7 Å². The number of hydrogen-bond donors (Lipinski definition) is 2. The van der Waals surface area contributed by atoms with Crippen molar-refractivity contribution >= 4 is 21.0 Å². The van der Waals surface area contributed by atoms with E-state index in [1.165, 1.54) is 11.7 Å². The van der Waals surface area contributed by atoms with Crippen LogP contribution in [0.25, 0.3) is 22.3 Å². The van der Waals surface area contributed by atoms with E-state index < -0.39 is 21.6 Å². The Morgan fingerprint density at radius 3 is 2.62 bits per heavy atom. The Labute approximate surface area is 184 Å². The molecule has 0 saturated heterocycles. The van der Waals surface area contributed by atoms with Gasteiger partial charge in [0.1, 0.15) is 9.84 Å². The van der Waals surface area contributed by atoms with Crippen LogP contribution in [-0.2, 0) is 9.84 Å². The molecule has 0 aliphatic heterocycles. The minimum atomic E-state index is -3.45. The number of hydrogen-bond acceptors (Lipinski definition) is 7. The van der Waals surface area contributed by atoms with E-state index in [4.69, 9.17) is 9.47 Å². The number of imidazole rings is 1. The Hall–Kier alpha value is -3.60. The van der Waals surface area contributed by atoms with Gasteiger partial charge in [0.15, 0.2) is 17.1 Å². The Balaban J connectivity index is 1.88. The molecule has 3 heterocycles. The van der Waals surface area contributed by atoms with E-state index in [9.17, 15) is 13.2 Å². The molecule has 0 spiro atoms. The van der Waals surface area contributed by atoms with Crippen molar-refractivity contribution < 1.29 is 17.9 Å². The molecule has 168 valence electrons. The van der Waals surface area contributed by atoms with Crippen LogP contribution in [0.1, 0.15) is 18.5 Å². The van der Waals surface area contributed by atoms with E-state index in [0.29, 0.717) is 34.8 Å². The molecule has 1 aromatic carbocycles. The molecule has 0 saturated carbocycles. The predicted molar refractivity (Wildman–Crippen MR) is 120 cm³/mol. The smallest absolute Gasteiger partial charge is 0.328 e. The van der Waals surface area contributed by atoms with Crippen LogP contribution in [0.5, 0.6) is 11.5 Å². The molecule has 1 atom stereocenters. The Kier molecular flexibility index (Phi) is 5.74. The summed E-state index contributed by atoms with van der Waals surface area (Å²) in [7, 11) is -1.93. The molecule has 10 nitrogen and oxygen atoms in total. The molecule has 0 aliphatic rings. The van der Waals surface area contributed by atoms with Crippen LogP contribution in [0.2, 0.25) is 0 Å². The topological polar surface area (TPSA) is 132 Å². The lowest BCUT2D eigenvalue weighted by molar-refractivity contribution is 0.310. The lowest BCUT2D eigenvalue weighted by Gasteiger charge is -2.20. The van der Waals surface area contributed by atoms with Gasteiger partial charge in [-0.3, -0.25) is 9.67 Å². The van der Waals surface area contributed by atoms with Gasteiger partial charge < -0.3 is 14.5 Å².